The molecule has 0 saturated carbocycles. The molecule has 2 aliphatic heterocycles. The van der Waals surface area contributed by atoms with E-state index in [4.69, 9.17) is 26.1 Å². The lowest BCUT2D eigenvalue weighted by molar-refractivity contribution is 0.266. The summed E-state index contributed by atoms with van der Waals surface area (Å²) in [6.45, 7) is 1.66. The summed E-state index contributed by atoms with van der Waals surface area (Å²) in [5, 5.41) is 0.502. The predicted molar refractivity (Wildman–Crippen MR) is 127 cm³/mol. The van der Waals surface area contributed by atoms with Gasteiger partial charge < -0.3 is 14.4 Å². The monoisotopic (exact) mass is 483 g/mol. The zero-order valence-corrected chi connectivity index (χ0v) is 19.5. The largest absolute Gasteiger partial charge is 0.497 e. The molecule has 0 N–H and O–H groups in total. The maximum absolute atomic E-state index is 13.1. The predicted octanol–water partition coefficient (Wildman–Crippen LogP) is 4.54. The van der Waals surface area contributed by atoms with Gasteiger partial charge in [-0.25, -0.2) is 13.4 Å². The van der Waals surface area contributed by atoms with Gasteiger partial charge in [0.25, 0.3) is 0 Å². The van der Waals surface area contributed by atoms with Gasteiger partial charge in [-0.05, 0) is 54.6 Å². The van der Waals surface area contributed by atoms with Crippen LogP contribution >= 0.6 is 11.6 Å². The van der Waals surface area contributed by atoms with E-state index in [2.05, 4.69) is 4.90 Å². The third kappa shape index (κ3) is 4.17. The van der Waals surface area contributed by atoms with Gasteiger partial charge in [0.2, 0.25) is 10.0 Å². The summed E-state index contributed by atoms with van der Waals surface area (Å²) in [5.74, 6) is 2.77. The molecule has 0 unspecified atom stereocenters. The van der Waals surface area contributed by atoms with Crippen molar-refractivity contribution in [2.75, 3.05) is 33.3 Å². The van der Waals surface area contributed by atoms with Gasteiger partial charge in [0.05, 0.1) is 17.6 Å². The Bertz CT molecular complexity index is 1320. The van der Waals surface area contributed by atoms with E-state index in [1.807, 2.05) is 42.5 Å². The molecule has 3 aromatic rings. The van der Waals surface area contributed by atoms with E-state index in [1.54, 1.807) is 19.2 Å². The Morgan fingerprint density at radius 3 is 2.39 bits per heavy atom. The lowest BCUT2D eigenvalue weighted by Gasteiger charge is -2.36. The second-order valence-corrected chi connectivity index (χ2v) is 10.1. The lowest BCUT2D eigenvalue weighted by Crippen LogP contribution is -2.50. The van der Waals surface area contributed by atoms with Gasteiger partial charge in [-0.15, -0.1) is 0 Å². The summed E-state index contributed by atoms with van der Waals surface area (Å²) in [6, 6.07) is 19.5. The average molecular weight is 484 g/mol. The molecule has 0 bridgehead atoms. The van der Waals surface area contributed by atoms with Crippen molar-refractivity contribution in [3.63, 3.8) is 0 Å². The first-order valence-corrected chi connectivity index (χ1v) is 12.3. The van der Waals surface area contributed by atoms with E-state index in [-0.39, 0.29) is 4.90 Å². The standard InChI is InChI=1S/C24H22ClN3O4S/c1-31-18-8-11-22-20(16-18)24(26-21-4-2-3-5-23(21)32-22)27-12-14-28(15-13-27)33(29,30)19-9-6-17(25)7-10-19/h2-11,16H,12-15H2,1H3. The van der Waals surface area contributed by atoms with Crippen LogP contribution in [0, 0.1) is 0 Å². The highest BCUT2D eigenvalue weighted by Gasteiger charge is 2.31. The molecule has 0 aromatic heterocycles. The van der Waals surface area contributed by atoms with Crippen LogP contribution in [0.2, 0.25) is 5.02 Å². The van der Waals surface area contributed by atoms with E-state index in [0.717, 1.165) is 17.1 Å². The Kier molecular flexibility index (Phi) is 5.74. The van der Waals surface area contributed by atoms with Crippen molar-refractivity contribution in [3.8, 4) is 17.2 Å². The SMILES string of the molecule is COc1ccc2c(c1)C(N1CCN(S(=O)(=O)c3ccc(Cl)cc3)CC1)=Nc1ccccc1O2. The molecule has 7 nitrogen and oxygen atoms in total. The van der Waals surface area contributed by atoms with Crippen LogP contribution in [0.3, 0.4) is 0 Å². The van der Waals surface area contributed by atoms with Gasteiger partial charge in [-0.3, -0.25) is 0 Å². The highest BCUT2D eigenvalue weighted by atomic mass is 35.5. The third-order valence-corrected chi connectivity index (χ3v) is 7.89. The zero-order chi connectivity index (χ0) is 23.0. The number of benzene rings is 3. The van der Waals surface area contributed by atoms with Crippen molar-refractivity contribution in [1.29, 1.82) is 0 Å². The minimum Gasteiger partial charge on any atom is -0.497 e. The third-order valence-electron chi connectivity index (χ3n) is 5.73. The number of piperazine rings is 1. The summed E-state index contributed by atoms with van der Waals surface area (Å²) in [4.78, 5) is 7.25. The molecule has 2 heterocycles. The lowest BCUT2D eigenvalue weighted by atomic mass is 10.1. The van der Waals surface area contributed by atoms with Gasteiger partial charge in [0, 0.05) is 31.2 Å². The molecule has 5 rings (SSSR count). The van der Waals surface area contributed by atoms with Crippen LogP contribution in [0.1, 0.15) is 5.56 Å². The van der Waals surface area contributed by atoms with Gasteiger partial charge in [-0.2, -0.15) is 4.31 Å². The minimum absolute atomic E-state index is 0.240. The Hall–Kier alpha value is -3.07. The number of aliphatic imine (C=N–C) groups is 1. The average Bonchev–Trinajstić information content (AvgIpc) is 3.00. The quantitative estimate of drug-likeness (QED) is 0.547. The van der Waals surface area contributed by atoms with E-state index in [1.165, 1.54) is 16.4 Å². The Balaban J connectivity index is 1.45. The smallest absolute Gasteiger partial charge is 0.243 e. The van der Waals surface area contributed by atoms with Crippen molar-refractivity contribution in [2.45, 2.75) is 4.90 Å². The van der Waals surface area contributed by atoms with E-state index < -0.39 is 10.0 Å². The molecule has 0 spiro atoms. The van der Waals surface area contributed by atoms with E-state index in [9.17, 15) is 8.42 Å². The molecular weight excluding hydrogens is 462 g/mol. The number of fused-ring (bicyclic) bond motifs is 2. The second-order valence-electron chi connectivity index (χ2n) is 7.71. The van der Waals surface area contributed by atoms with Crippen LogP contribution in [0.5, 0.6) is 17.2 Å². The number of sulfonamides is 1. The van der Waals surface area contributed by atoms with E-state index in [0.29, 0.717) is 48.5 Å². The first-order valence-electron chi connectivity index (χ1n) is 10.5. The molecule has 1 saturated heterocycles. The second kappa shape index (κ2) is 8.70. The summed E-state index contributed by atoms with van der Waals surface area (Å²) < 4.78 is 39.2. The molecule has 0 amide bonds. The van der Waals surface area contributed by atoms with Crippen LogP contribution < -0.4 is 9.47 Å². The van der Waals surface area contributed by atoms with Crippen molar-refractivity contribution in [1.82, 2.24) is 9.21 Å². The fraction of sp³-hybridized carbons (Fsp3) is 0.208. The highest BCUT2D eigenvalue weighted by Crippen LogP contribution is 2.39. The number of amidine groups is 1. The highest BCUT2D eigenvalue weighted by molar-refractivity contribution is 7.89. The van der Waals surface area contributed by atoms with Crippen LogP contribution in [0.25, 0.3) is 0 Å². The molecule has 9 heteroatoms. The molecule has 33 heavy (non-hydrogen) atoms. The molecular formula is C24H22ClN3O4S. The number of nitrogens with zero attached hydrogens (tertiary/aromatic N) is 3. The molecule has 170 valence electrons. The van der Waals surface area contributed by atoms with Crippen LogP contribution in [0.4, 0.5) is 5.69 Å². The van der Waals surface area contributed by atoms with Crippen molar-refractivity contribution in [2.24, 2.45) is 4.99 Å². The number of methoxy groups -OCH3 is 1. The molecule has 0 atom stereocenters. The first kappa shape index (κ1) is 21.8. The fourth-order valence-electron chi connectivity index (χ4n) is 3.97. The number of ether oxygens (including phenoxy) is 2. The molecule has 0 aliphatic carbocycles. The van der Waals surface area contributed by atoms with Gasteiger partial charge in [0.1, 0.15) is 23.0 Å². The van der Waals surface area contributed by atoms with Gasteiger partial charge in [-0.1, -0.05) is 23.7 Å². The van der Waals surface area contributed by atoms with Gasteiger partial charge in [0.15, 0.2) is 5.75 Å². The number of halogens is 1. The van der Waals surface area contributed by atoms with Crippen LogP contribution in [-0.4, -0.2) is 56.7 Å². The van der Waals surface area contributed by atoms with Crippen molar-refractivity contribution in [3.05, 3.63) is 77.3 Å². The van der Waals surface area contributed by atoms with Gasteiger partial charge >= 0.3 is 0 Å². The maximum atomic E-state index is 13.1. The van der Waals surface area contributed by atoms with Crippen molar-refractivity contribution >= 4 is 33.1 Å². The van der Waals surface area contributed by atoms with Crippen LogP contribution in [-0.2, 0) is 10.0 Å². The zero-order valence-electron chi connectivity index (χ0n) is 17.9. The maximum Gasteiger partial charge on any atom is 0.243 e. The first-order chi connectivity index (χ1) is 16.0. The topological polar surface area (TPSA) is 71.4 Å². The number of para-hydroxylation sites is 2. The van der Waals surface area contributed by atoms with Crippen molar-refractivity contribution < 1.29 is 17.9 Å². The molecule has 0 radical (unpaired) electrons. The van der Waals surface area contributed by atoms with Crippen LogP contribution in [0.15, 0.2) is 76.6 Å². The van der Waals surface area contributed by atoms with E-state index >= 15 is 0 Å². The summed E-state index contributed by atoms with van der Waals surface area (Å²) in [5.41, 5.74) is 1.53. The summed E-state index contributed by atoms with van der Waals surface area (Å²) in [6.07, 6.45) is 0. The molecule has 3 aromatic carbocycles. The minimum atomic E-state index is -3.60. The fourth-order valence-corrected chi connectivity index (χ4v) is 5.51. The Labute approximate surface area is 197 Å². The number of rotatable bonds is 3. The Morgan fingerprint density at radius 1 is 0.939 bits per heavy atom. The number of hydrogen-bond acceptors (Lipinski definition) is 6. The number of hydrogen-bond donors (Lipinski definition) is 0. The summed E-state index contributed by atoms with van der Waals surface area (Å²) in [7, 11) is -1.98. The normalized spacial score (nSPS) is 16.2. The summed E-state index contributed by atoms with van der Waals surface area (Å²) >= 11 is 5.92. The molecule has 2 aliphatic rings. The molecule has 1 fully saturated rings. The Morgan fingerprint density at radius 2 is 1.67 bits per heavy atom.